The Morgan fingerprint density at radius 2 is 1.82 bits per heavy atom. The summed E-state index contributed by atoms with van der Waals surface area (Å²) in [4.78, 5) is 29.4. The third-order valence-electron chi connectivity index (χ3n) is 4.37. The van der Waals surface area contributed by atoms with Crippen LogP contribution in [-0.4, -0.2) is 44.3 Å². The number of amides is 1. The number of rotatable bonds is 9. The molecule has 0 aliphatic rings. The number of thiazole rings is 1. The summed E-state index contributed by atoms with van der Waals surface area (Å²) in [6, 6.07) is 10.6. The van der Waals surface area contributed by atoms with Crippen molar-refractivity contribution < 1.29 is 37.3 Å². The average Bonchev–Trinajstić information content (AvgIpc) is 3.16. The molecule has 0 bridgehead atoms. The zero-order valence-electron chi connectivity index (χ0n) is 17.9. The van der Waals surface area contributed by atoms with E-state index in [4.69, 9.17) is 9.47 Å². The number of halogens is 2. The molecule has 2 aromatic carbocycles. The lowest BCUT2D eigenvalue weighted by molar-refractivity contribution is -0.142. The number of esters is 1. The molecule has 0 saturated heterocycles. The number of carbonyl (C=O) groups excluding carboxylic acids is 2. The zero-order chi connectivity index (χ0) is 24.0. The number of hydrogen-bond acceptors (Lipinski definition) is 8. The third-order valence-corrected chi connectivity index (χ3v) is 5.26. The molecule has 0 aliphatic heterocycles. The van der Waals surface area contributed by atoms with Crippen LogP contribution in [0.3, 0.4) is 0 Å². The maximum absolute atomic E-state index is 12.7. The molecular formula is C22H20F2N2O6S. The van der Waals surface area contributed by atoms with Crippen LogP contribution in [0.15, 0.2) is 42.5 Å². The maximum Gasteiger partial charge on any atom is 0.387 e. The molecule has 0 aliphatic carbocycles. The molecule has 3 aromatic rings. The Hall–Kier alpha value is -3.73. The van der Waals surface area contributed by atoms with Gasteiger partial charge in [-0.05, 0) is 49.4 Å². The lowest BCUT2D eigenvalue weighted by Crippen LogP contribution is -2.15. The fourth-order valence-corrected chi connectivity index (χ4v) is 3.64. The van der Waals surface area contributed by atoms with Crippen molar-refractivity contribution in [3.63, 3.8) is 0 Å². The average molecular weight is 478 g/mol. The molecule has 0 saturated carbocycles. The number of methoxy groups -OCH3 is 2. The van der Waals surface area contributed by atoms with E-state index in [1.807, 2.05) is 6.92 Å². The number of benzene rings is 2. The van der Waals surface area contributed by atoms with Crippen LogP contribution in [0, 0.1) is 6.92 Å². The molecule has 0 radical (unpaired) electrons. The van der Waals surface area contributed by atoms with Gasteiger partial charge in [-0.25, -0.2) is 9.78 Å². The topological polar surface area (TPSA) is 96.0 Å². The van der Waals surface area contributed by atoms with Crippen LogP contribution in [-0.2, 0) is 9.53 Å². The van der Waals surface area contributed by atoms with E-state index in [1.165, 1.54) is 43.8 Å². The predicted octanol–water partition coefficient (Wildman–Crippen LogP) is 4.53. The van der Waals surface area contributed by atoms with Gasteiger partial charge in [0, 0.05) is 16.0 Å². The fraction of sp³-hybridized carbons (Fsp3) is 0.227. The van der Waals surface area contributed by atoms with Crippen molar-refractivity contribution >= 4 is 28.3 Å². The Bertz CT molecular complexity index is 1130. The van der Waals surface area contributed by atoms with Gasteiger partial charge < -0.3 is 18.9 Å². The Morgan fingerprint density at radius 1 is 1.09 bits per heavy atom. The monoisotopic (exact) mass is 478 g/mol. The summed E-state index contributed by atoms with van der Waals surface area (Å²) in [5, 5.41) is 3.08. The van der Waals surface area contributed by atoms with Gasteiger partial charge in [-0.1, -0.05) is 0 Å². The van der Waals surface area contributed by atoms with Gasteiger partial charge in [-0.3, -0.25) is 10.1 Å². The Labute approximate surface area is 192 Å². The summed E-state index contributed by atoms with van der Waals surface area (Å²) in [6.45, 7) is -1.41. The molecule has 0 atom stereocenters. The van der Waals surface area contributed by atoms with E-state index in [1.54, 1.807) is 24.3 Å². The number of hydrogen-bond donors (Lipinski definition) is 1. The number of nitrogens with one attached hydrogen (secondary N) is 1. The van der Waals surface area contributed by atoms with Gasteiger partial charge in [-0.15, -0.1) is 11.3 Å². The lowest BCUT2D eigenvalue weighted by Gasteiger charge is -2.11. The Balaban J connectivity index is 1.75. The molecule has 3 rings (SSSR count). The molecule has 8 nitrogen and oxygen atoms in total. The van der Waals surface area contributed by atoms with Crippen LogP contribution >= 0.6 is 11.3 Å². The van der Waals surface area contributed by atoms with E-state index in [0.717, 1.165) is 4.88 Å². The molecule has 1 aromatic heterocycles. The summed E-state index contributed by atoms with van der Waals surface area (Å²) in [7, 11) is 2.68. The van der Waals surface area contributed by atoms with Crippen molar-refractivity contribution in [3.05, 3.63) is 52.9 Å². The third kappa shape index (κ3) is 6.16. The molecule has 33 heavy (non-hydrogen) atoms. The van der Waals surface area contributed by atoms with Crippen LogP contribution in [0.2, 0.25) is 0 Å². The van der Waals surface area contributed by atoms with Gasteiger partial charge >= 0.3 is 12.6 Å². The van der Waals surface area contributed by atoms with E-state index >= 15 is 0 Å². The van der Waals surface area contributed by atoms with E-state index in [9.17, 15) is 18.4 Å². The first-order valence-corrected chi connectivity index (χ1v) is 10.3. The standard InChI is InChI=1S/C22H20F2N2O6S/c1-12-19(13-4-7-15(8-5-13)32-21(23)24)25-22(33-12)26-20(28)14-6-9-16(29-2)17(10-14)31-11-18(27)30-3/h4-10,21H,11H2,1-3H3,(H,25,26,28). The van der Waals surface area contributed by atoms with Gasteiger partial charge in [0.05, 0.1) is 19.9 Å². The lowest BCUT2D eigenvalue weighted by atomic mass is 10.1. The molecule has 174 valence electrons. The minimum atomic E-state index is -2.90. The van der Waals surface area contributed by atoms with Crippen molar-refractivity contribution in [2.45, 2.75) is 13.5 Å². The van der Waals surface area contributed by atoms with Crippen molar-refractivity contribution in [3.8, 4) is 28.5 Å². The van der Waals surface area contributed by atoms with Gasteiger partial charge in [0.2, 0.25) is 0 Å². The number of aromatic nitrogens is 1. The summed E-state index contributed by atoms with van der Waals surface area (Å²) < 4.78 is 44.1. The quantitative estimate of drug-likeness (QED) is 0.452. The molecule has 1 N–H and O–H groups in total. The van der Waals surface area contributed by atoms with Crippen molar-refractivity contribution in [2.75, 3.05) is 26.1 Å². The molecule has 11 heteroatoms. The summed E-state index contributed by atoms with van der Waals surface area (Å²) in [6.07, 6.45) is 0. The highest BCUT2D eigenvalue weighted by molar-refractivity contribution is 7.16. The van der Waals surface area contributed by atoms with Crippen LogP contribution in [0.1, 0.15) is 15.2 Å². The van der Waals surface area contributed by atoms with Crippen molar-refractivity contribution in [2.24, 2.45) is 0 Å². The van der Waals surface area contributed by atoms with Crippen LogP contribution in [0.25, 0.3) is 11.3 Å². The summed E-state index contributed by atoms with van der Waals surface area (Å²) >= 11 is 1.26. The van der Waals surface area contributed by atoms with E-state index < -0.39 is 18.5 Å². The largest absolute Gasteiger partial charge is 0.493 e. The normalized spacial score (nSPS) is 10.6. The van der Waals surface area contributed by atoms with E-state index in [2.05, 4.69) is 19.8 Å². The number of carbonyl (C=O) groups is 2. The van der Waals surface area contributed by atoms with Crippen LogP contribution in [0.5, 0.6) is 17.2 Å². The molecule has 1 heterocycles. The van der Waals surface area contributed by atoms with Gasteiger partial charge in [0.1, 0.15) is 5.75 Å². The molecule has 0 spiro atoms. The van der Waals surface area contributed by atoms with E-state index in [0.29, 0.717) is 22.1 Å². The Morgan fingerprint density at radius 3 is 2.45 bits per heavy atom. The second-order valence-electron chi connectivity index (χ2n) is 6.51. The van der Waals surface area contributed by atoms with Crippen molar-refractivity contribution in [1.82, 2.24) is 4.98 Å². The SMILES string of the molecule is COC(=O)COc1cc(C(=O)Nc2nc(-c3ccc(OC(F)F)cc3)c(C)s2)ccc1OC. The fourth-order valence-electron chi connectivity index (χ4n) is 2.81. The highest BCUT2D eigenvalue weighted by Crippen LogP contribution is 2.33. The summed E-state index contributed by atoms with van der Waals surface area (Å²) in [5.41, 5.74) is 1.56. The number of aryl methyl sites for hydroxylation is 1. The first kappa shape index (κ1) is 23.9. The second-order valence-corrected chi connectivity index (χ2v) is 7.71. The highest BCUT2D eigenvalue weighted by Gasteiger charge is 2.16. The number of nitrogens with zero attached hydrogens (tertiary/aromatic N) is 1. The Kier molecular flexibility index (Phi) is 7.78. The summed E-state index contributed by atoms with van der Waals surface area (Å²) in [5.74, 6) is -0.423. The first-order valence-electron chi connectivity index (χ1n) is 9.52. The number of ether oxygens (including phenoxy) is 4. The second kappa shape index (κ2) is 10.7. The van der Waals surface area contributed by atoms with Gasteiger partial charge in [0.25, 0.3) is 5.91 Å². The van der Waals surface area contributed by atoms with E-state index in [-0.39, 0.29) is 23.7 Å². The zero-order valence-corrected chi connectivity index (χ0v) is 18.7. The minimum Gasteiger partial charge on any atom is -0.493 e. The van der Waals surface area contributed by atoms with Crippen molar-refractivity contribution in [1.29, 1.82) is 0 Å². The van der Waals surface area contributed by atoms with Crippen LogP contribution < -0.4 is 19.5 Å². The molecule has 0 fully saturated rings. The van der Waals surface area contributed by atoms with Crippen LogP contribution in [0.4, 0.5) is 13.9 Å². The number of anilines is 1. The molecule has 0 unspecified atom stereocenters. The van der Waals surface area contributed by atoms with Gasteiger partial charge in [0.15, 0.2) is 23.2 Å². The highest BCUT2D eigenvalue weighted by atomic mass is 32.1. The smallest absolute Gasteiger partial charge is 0.387 e. The molecule has 1 amide bonds. The van der Waals surface area contributed by atoms with Gasteiger partial charge in [-0.2, -0.15) is 8.78 Å². The predicted molar refractivity (Wildman–Crippen MR) is 117 cm³/mol. The minimum absolute atomic E-state index is 0.0416. The maximum atomic E-state index is 12.7. The molecular weight excluding hydrogens is 458 g/mol. The first-order chi connectivity index (χ1) is 15.8. The number of alkyl halides is 2.